The third-order valence-corrected chi connectivity index (χ3v) is 2.64. The van der Waals surface area contributed by atoms with Gasteiger partial charge in [0.25, 0.3) is 0 Å². The molecule has 0 aliphatic rings. The summed E-state index contributed by atoms with van der Waals surface area (Å²) in [6, 6.07) is 4.68. The van der Waals surface area contributed by atoms with Gasteiger partial charge in [-0.25, -0.2) is 4.68 Å². The molecule has 8 heteroatoms. The highest BCUT2D eigenvalue weighted by atomic mass is 19.4. The molecule has 0 unspecified atom stereocenters. The van der Waals surface area contributed by atoms with E-state index in [9.17, 15) is 18.0 Å². The van der Waals surface area contributed by atoms with Crippen molar-refractivity contribution in [2.75, 3.05) is 7.11 Å². The van der Waals surface area contributed by atoms with E-state index in [2.05, 4.69) is 10.3 Å². The van der Waals surface area contributed by atoms with Crippen LogP contribution in [-0.4, -0.2) is 28.4 Å². The first kappa shape index (κ1) is 14.0. The first-order valence-electron chi connectivity index (χ1n) is 5.51. The third-order valence-electron chi connectivity index (χ3n) is 2.64. The lowest BCUT2D eigenvalue weighted by molar-refractivity contribution is -0.143. The average molecular weight is 285 g/mol. The number of alkyl halides is 3. The average Bonchev–Trinajstić information content (AvgIpc) is 2.82. The van der Waals surface area contributed by atoms with E-state index >= 15 is 0 Å². The molecule has 0 aliphatic carbocycles. The van der Waals surface area contributed by atoms with Crippen molar-refractivity contribution in [2.24, 2.45) is 0 Å². The van der Waals surface area contributed by atoms with Gasteiger partial charge in [-0.15, -0.1) is 5.10 Å². The van der Waals surface area contributed by atoms with Gasteiger partial charge in [0.2, 0.25) is 0 Å². The SMILES string of the molecule is COc1ccc(C)cc1-n1nnc(C=O)c1C(F)(F)F. The molecule has 2 rings (SSSR count). The number of aryl methyl sites for hydroxylation is 1. The van der Waals surface area contributed by atoms with Crippen molar-refractivity contribution in [1.29, 1.82) is 0 Å². The second kappa shape index (κ2) is 4.95. The van der Waals surface area contributed by atoms with Gasteiger partial charge in [-0.1, -0.05) is 11.3 Å². The maximum atomic E-state index is 13.1. The van der Waals surface area contributed by atoms with Gasteiger partial charge >= 0.3 is 6.18 Å². The van der Waals surface area contributed by atoms with Gasteiger partial charge in [0, 0.05) is 0 Å². The molecule has 1 aromatic carbocycles. The van der Waals surface area contributed by atoms with E-state index in [1.165, 1.54) is 19.2 Å². The predicted molar refractivity (Wildman–Crippen MR) is 63.0 cm³/mol. The fourth-order valence-electron chi connectivity index (χ4n) is 1.77. The standard InChI is InChI=1S/C12H10F3N3O2/c1-7-3-4-10(20-2)9(5-7)18-11(12(13,14)15)8(6-19)16-17-18/h3-6H,1-2H3. The van der Waals surface area contributed by atoms with Crippen molar-refractivity contribution >= 4 is 6.29 Å². The minimum Gasteiger partial charge on any atom is -0.494 e. The van der Waals surface area contributed by atoms with Crippen LogP contribution in [0, 0.1) is 6.92 Å². The van der Waals surface area contributed by atoms with Crippen LogP contribution in [0.2, 0.25) is 0 Å². The molecule has 0 fully saturated rings. The molecular weight excluding hydrogens is 275 g/mol. The van der Waals surface area contributed by atoms with Gasteiger partial charge in [-0.05, 0) is 24.6 Å². The highest BCUT2D eigenvalue weighted by molar-refractivity contribution is 5.74. The van der Waals surface area contributed by atoms with Crippen molar-refractivity contribution in [1.82, 2.24) is 15.0 Å². The van der Waals surface area contributed by atoms with Crippen molar-refractivity contribution in [3.63, 3.8) is 0 Å². The smallest absolute Gasteiger partial charge is 0.435 e. The van der Waals surface area contributed by atoms with Gasteiger partial charge in [0.1, 0.15) is 11.4 Å². The van der Waals surface area contributed by atoms with E-state index in [0.29, 0.717) is 4.68 Å². The first-order chi connectivity index (χ1) is 9.38. The number of nitrogens with zero attached hydrogens (tertiary/aromatic N) is 3. The summed E-state index contributed by atoms with van der Waals surface area (Å²) in [5, 5.41) is 6.66. The van der Waals surface area contributed by atoms with Gasteiger partial charge in [-0.2, -0.15) is 13.2 Å². The fourth-order valence-corrected chi connectivity index (χ4v) is 1.77. The number of halogens is 3. The van der Waals surface area contributed by atoms with Crippen molar-refractivity contribution in [3.8, 4) is 11.4 Å². The lowest BCUT2D eigenvalue weighted by Gasteiger charge is -2.13. The molecule has 0 spiro atoms. The molecule has 2 aromatic rings. The molecule has 5 nitrogen and oxygen atoms in total. The third kappa shape index (κ3) is 2.36. The highest BCUT2D eigenvalue weighted by Gasteiger charge is 2.40. The Morgan fingerprint density at radius 2 is 2.05 bits per heavy atom. The summed E-state index contributed by atoms with van der Waals surface area (Å²) < 4.78 is 44.7. The second-order valence-corrected chi connectivity index (χ2v) is 4.03. The molecule has 0 saturated heterocycles. The molecule has 0 aliphatic heterocycles. The zero-order valence-electron chi connectivity index (χ0n) is 10.6. The molecule has 0 atom stereocenters. The van der Waals surface area contributed by atoms with Crippen molar-refractivity contribution < 1.29 is 22.7 Å². The Kier molecular flexibility index (Phi) is 3.47. The molecule has 0 amide bonds. The Balaban J connectivity index is 2.74. The number of benzene rings is 1. The molecule has 1 aromatic heterocycles. The predicted octanol–water partition coefficient (Wildman–Crippen LogP) is 2.42. The van der Waals surface area contributed by atoms with E-state index in [1.54, 1.807) is 13.0 Å². The van der Waals surface area contributed by atoms with E-state index < -0.39 is 17.6 Å². The van der Waals surface area contributed by atoms with E-state index in [4.69, 9.17) is 4.74 Å². The van der Waals surface area contributed by atoms with E-state index in [0.717, 1.165) is 5.56 Å². The van der Waals surface area contributed by atoms with Crippen LogP contribution >= 0.6 is 0 Å². The maximum Gasteiger partial charge on any atom is 0.435 e. The molecule has 0 N–H and O–H groups in total. The molecule has 20 heavy (non-hydrogen) atoms. The number of hydrogen-bond donors (Lipinski definition) is 0. The number of ether oxygens (including phenoxy) is 1. The van der Waals surface area contributed by atoms with Crippen molar-refractivity contribution in [3.05, 3.63) is 35.2 Å². The number of rotatable bonds is 3. The van der Waals surface area contributed by atoms with Gasteiger partial charge in [0.15, 0.2) is 17.7 Å². The number of hydrogen-bond acceptors (Lipinski definition) is 4. The van der Waals surface area contributed by atoms with Crippen LogP contribution < -0.4 is 4.74 Å². The highest BCUT2D eigenvalue weighted by Crippen LogP contribution is 2.34. The Hall–Kier alpha value is -2.38. The van der Waals surface area contributed by atoms with Crippen LogP contribution in [0.3, 0.4) is 0 Å². The van der Waals surface area contributed by atoms with Crippen LogP contribution in [0.5, 0.6) is 5.75 Å². The molecule has 1 heterocycles. The van der Waals surface area contributed by atoms with Crippen LogP contribution in [0.15, 0.2) is 18.2 Å². The summed E-state index contributed by atoms with van der Waals surface area (Å²) in [5.74, 6) is 0.198. The minimum absolute atomic E-state index is 0.0224. The maximum absolute atomic E-state index is 13.1. The summed E-state index contributed by atoms with van der Waals surface area (Å²) >= 11 is 0. The number of aldehydes is 1. The number of carbonyl (C=O) groups is 1. The topological polar surface area (TPSA) is 57.0 Å². The van der Waals surface area contributed by atoms with Crippen LogP contribution in [0.25, 0.3) is 5.69 Å². The van der Waals surface area contributed by atoms with Crippen LogP contribution in [0.1, 0.15) is 21.7 Å². The molecule has 106 valence electrons. The summed E-state index contributed by atoms with van der Waals surface area (Å²) in [4.78, 5) is 10.7. The zero-order chi connectivity index (χ0) is 14.9. The molecule has 0 radical (unpaired) electrons. The summed E-state index contributed by atoms with van der Waals surface area (Å²) in [7, 11) is 1.33. The largest absolute Gasteiger partial charge is 0.494 e. The zero-order valence-corrected chi connectivity index (χ0v) is 10.6. The number of aromatic nitrogens is 3. The minimum atomic E-state index is -4.76. The van der Waals surface area contributed by atoms with Crippen LogP contribution in [0.4, 0.5) is 13.2 Å². The number of methoxy groups -OCH3 is 1. The molecule has 0 bridgehead atoms. The Morgan fingerprint density at radius 1 is 1.35 bits per heavy atom. The second-order valence-electron chi connectivity index (χ2n) is 4.03. The monoisotopic (exact) mass is 285 g/mol. The first-order valence-corrected chi connectivity index (χ1v) is 5.51. The van der Waals surface area contributed by atoms with E-state index in [-0.39, 0.29) is 17.7 Å². The molecular formula is C12H10F3N3O2. The van der Waals surface area contributed by atoms with Gasteiger partial charge in [-0.3, -0.25) is 4.79 Å². The summed E-state index contributed by atoms with van der Waals surface area (Å²) in [6.45, 7) is 1.72. The Bertz CT molecular complexity index is 650. The summed E-state index contributed by atoms with van der Waals surface area (Å²) in [6.07, 6.45) is -4.73. The number of carbonyl (C=O) groups excluding carboxylic acids is 1. The van der Waals surface area contributed by atoms with Crippen LogP contribution in [-0.2, 0) is 6.18 Å². The Labute approximate surface area is 112 Å². The van der Waals surface area contributed by atoms with Gasteiger partial charge in [0.05, 0.1) is 7.11 Å². The lowest BCUT2D eigenvalue weighted by Crippen LogP contribution is -2.16. The molecule has 0 saturated carbocycles. The van der Waals surface area contributed by atoms with Gasteiger partial charge < -0.3 is 4.74 Å². The fraction of sp³-hybridized carbons (Fsp3) is 0.250. The quantitative estimate of drug-likeness (QED) is 0.813. The Morgan fingerprint density at radius 3 is 2.60 bits per heavy atom. The normalized spacial score (nSPS) is 11.4. The lowest BCUT2D eigenvalue weighted by atomic mass is 10.2. The summed E-state index contributed by atoms with van der Waals surface area (Å²) in [5.41, 5.74) is -1.20. The van der Waals surface area contributed by atoms with Crippen molar-refractivity contribution in [2.45, 2.75) is 13.1 Å². The van der Waals surface area contributed by atoms with E-state index in [1.807, 2.05) is 0 Å².